The normalized spacial score (nSPS) is 10.8. The third-order valence-electron chi connectivity index (χ3n) is 2.94. The van der Waals surface area contributed by atoms with Crippen molar-refractivity contribution in [3.63, 3.8) is 0 Å². The molecule has 2 aromatic rings. The van der Waals surface area contributed by atoms with Gasteiger partial charge in [-0.15, -0.1) is 0 Å². The van der Waals surface area contributed by atoms with E-state index in [-0.39, 0.29) is 5.57 Å². The van der Waals surface area contributed by atoms with Crippen molar-refractivity contribution < 1.29 is 4.79 Å². The number of anilines is 2. The molecular formula is C17H13Cl2N3O. The Hall–Kier alpha value is -2.48. The van der Waals surface area contributed by atoms with E-state index in [2.05, 4.69) is 10.6 Å². The van der Waals surface area contributed by atoms with Crippen molar-refractivity contribution in [1.82, 2.24) is 0 Å². The van der Waals surface area contributed by atoms with E-state index in [1.54, 1.807) is 24.3 Å². The molecule has 0 unspecified atom stereocenters. The molecule has 0 aliphatic rings. The number of benzene rings is 2. The van der Waals surface area contributed by atoms with Crippen LogP contribution < -0.4 is 10.6 Å². The first-order valence-corrected chi connectivity index (χ1v) is 7.45. The molecule has 0 spiro atoms. The number of halogens is 2. The van der Waals surface area contributed by atoms with Crippen molar-refractivity contribution >= 4 is 40.5 Å². The number of hydrogen-bond donors (Lipinski definition) is 2. The third kappa shape index (κ3) is 4.75. The minimum absolute atomic E-state index is 0.0578. The lowest BCUT2D eigenvalue weighted by Crippen LogP contribution is -2.14. The highest BCUT2D eigenvalue weighted by Gasteiger charge is 2.09. The summed E-state index contributed by atoms with van der Waals surface area (Å²) in [6, 6.07) is 14.1. The molecule has 2 aromatic carbocycles. The Morgan fingerprint density at radius 2 is 1.91 bits per heavy atom. The number of carbonyl (C=O) groups excluding carboxylic acids is 1. The van der Waals surface area contributed by atoms with Crippen LogP contribution in [0.4, 0.5) is 11.4 Å². The molecule has 2 rings (SSSR count). The molecule has 0 aromatic heterocycles. The van der Waals surface area contributed by atoms with Gasteiger partial charge in [-0.1, -0.05) is 35.3 Å². The Balaban J connectivity index is 2.10. The summed E-state index contributed by atoms with van der Waals surface area (Å²) < 4.78 is 0. The molecule has 0 radical (unpaired) electrons. The monoisotopic (exact) mass is 345 g/mol. The third-order valence-corrected chi connectivity index (χ3v) is 3.68. The number of aryl methyl sites for hydroxylation is 1. The van der Waals surface area contributed by atoms with Crippen LogP contribution in [0.3, 0.4) is 0 Å². The molecule has 2 N–H and O–H groups in total. The lowest BCUT2D eigenvalue weighted by molar-refractivity contribution is -0.112. The Morgan fingerprint density at radius 1 is 1.13 bits per heavy atom. The predicted octanol–water partition coefficient (Wildman–Crippen LogP) is 4.76. The van der Waals surface area contributed by atoms with Gasteiger partial charge in [0.25, 0.3) is 5.91 Å². The first-order valence-electron chi connectivity index (χ1n) is 6.69. The smallest absolute Gasteiger partial charge is 0.267 e. The highest BCUT2D eigenvalue weighted by Crippen LogP contribution is 2.25. The van der Waals surface area contributed by atoms with Crippen LogP contribution in [0.15, 0.2) is 54.2 Å². The van der Waals surface area contributed by atoms with Gasteiger partial charge in [0.2, 0.25) is 0 Å². The summed E-state index contributed by atoms with van der Waals surface area (Å²) in [4.78, 5) is 12.1. The maximum atomic E-state index is 12.1. The summed E-state index contributed by atoms with van der Waals surface area (Å²) in [5, 5.41) is 15.5. The average molecular weight is 346 g/mol. The summed E-state index contributed by atoms with van der Waals surface area (Å²) in [5.74, 6) is -0.495. The standard InChI is InChI=1S/C17H13Cl2N3O/c1-11-3-2-4-14(7-11)22-17(23)12(9-20)10-21-13-5-6-15(18)16(19)8-13/h2-8,10,21H,1H3,(H,22,23)/b12-10-. The molecule has 6 heteroatoms. The van der Waals surface area contributed by atoms with Crippen molar-refractivity contribution in [3.8, 4) is 6.07 Å². The van der Waals surface area contributed by atoms with Crippen molar-refractivity contribution in [2.24, 2.45) is 0 Å². The van der Waals surface area contributed by atoms with Crippen LogP contribution >= 0.6 is 23.2 Å². The minimum Gasteiger partial charge on any atom is -0.360 e. The van der Waals surface area contributed by atoms with Gasteiger partial charge in [-0.25, -0.2) is 0 Å². The van der Waals surface area contributed by atoms with E-state index in [0.717, 1.165) is 5.56 Å². The highest BCUT2D eigenvalue weighted by atomic mass is 35.5. The van der Waals surface area contributed by atoms with Gasteiger partial charge >= 0.3 is 0 Å². The lowest BCUT2D eigenvalue weighted by atomic mass is 10.2. The predicted molar refractivity (Wildman–Crippen MR) is 93.6 cm³/mol. The second-order valence-electron chi connectivity index (χ2n) is 4.77. The topological polar surface area (TPSA) is 64.9 Å². The molecule has 0 heterocycles. The maximum Gasteiger partial charge on any atom is 0.267 e. The summed E-state index contributed by atoms with van der Waals surface area (Å²) in [6.07, 6.45) is 1.32. The fourth-order valence-electron chi connectivity index (χ4n) is 1.81. The molecule has 0 saturated carbocycles. The Morgan fingerprint density at radius 3 is 2.57 bits per heavy atom. The average Bonchev–Trinajstić information content (AvgIpc) is 2.51. The Labute approximate surface area is 144 Å². The molecule has 116 valence electrons. The van der Waals surface area contributed by atoms with Crippen LogP contribution in [0.2, 0.25) is 10.0 Å². The first kappa shape index (κ1) is 16.9. The first-order chi connectivity index (χ1) is 11.0. The van der Waals surface area contributed by atoms with Crippen LogP contribution in [0.1, 0.15) is 5.56 Å². The Kier molecular flexibility index (Phi) is 5.64. The number of amides is 1. The van der Waals surface area contributed by atoms with E-state index in [0.29, 0.717) is 21.4 Å². The molecule has 1 amide bonds. The molecule has 0 fully saturated rings. The van der Waals surface area contributed by atoms with E-state index < -0.39 is 5.91 Å². The molecule has 0 aliphatic carbocycles. The van der Waals surface area contributed by atoms with Gasteiger partial charge in [-0.2, -0.15) is 5.26 Å². The van der Waals surface area contributed by atoms with Gasteiger partial charge in [0.05, 0.1) is 10.0 Å². The molecule has 0 bridgehead atoms. The van der Waals surface area contributed by atoms with Gasteiger partial charge in [0.1, 0.15) is 11.6 Å². The Bertz CT molecular complexity index is 810. The van der Waals surface area contributed by atoms with Crippen LogP contribution in [0, 0.1) is 18.3 Å². The molecule has 0 saturated heterocycles. The number of rotatable bonds is 4. The minimum atomic E-state index is -0.495. The van der Waals surface area contributed by atoms with Gasteiger partial charge in [-0.3, -0.25) is 4.79 Å². The van der Waals surface area contributed by atoms with E-state index >= 15 is 0 Å². The quantitative estimate of drug-likeness (QED) is 0.620. The zero-order valence-electron chi connectivity index (χ0n) is 12.2. The van der Waals surface area contributed by atoms with E-state index in [1.165, 1.54) is 6.20 Å². The number of nitrogens with zero attached hydrogens (tertiary/aromatic N) is 1. The zero-order valence-corrected chi connectivity index (χ0v) is 13.7. The summed E-state index contributed by atoms with van der Waals surface area (Å²) in [6.45, 7) is 1.92. The van der Waals surface area contributed by atoms with Crippen LogP contribution in [0.5, 0.6) is 0 Å². The van der Waals surface area contributed by atoms with Crippen molar-refractivity contribution in [1.29, 1.82) is 5.26 Å². The fourth-order valence-corrected chi connectivity index (χ4v) is 2.11. The fraction of sp³-hybridized carbons (Fsp3) is 0.0588. The van der Waals surface area contributed by atoms with Gasteiger partial charge in [0, 0.05) is 17.6 Å². The number of nitrogens with one attached hydrogen (secondary N) is 2. The largest absolute Gasteiger partial charge is 0.360 e. The van der Waals surface area contributed by atoms with Crippen molar-refractivity contribution in [2.45, 2.75) is 6.92 Å². The molecule has 0 atom stereocenters. The van der Waals surface area contributed by atoms with Gasteiger partial charge in [0.15, 0.2) is 0 Å². The second-order valence-corrected chi connectivity index (χ2v) is 5.58. The van der Waals surface area contributed by atoms with Gasteiger partial charge in [-0.05, 0) is 42.8 Å². The lowest BCUT2D eigenvalue weighted by Gasteiger charge is -2.06. The van der Waals surface area contributed by atoms with E-state index in [9.17, 15) is 4.79 Å². The van der Waals surface area contributed by atoms with E-state index in [1.807, 2.05) is 31.2 Å². The highest BCUT2D eigenvalue weighted by molar-refractivity contribution is 6.42. The van der Waals surface area contributed by atoms with Crippen molar-refractivity contribution in [3.05, 3.63) is 69.8 Å². The summed E-state index contributed by atoms with van der Waals surface area (Å²) >= 11 is 11.7. The van der Waals surface area contributed by atoms with Crippen LogP contribution in [-0.4, -0.2) is 5.91 Å². The molecule has 4 nitrogen and oxygen atoms in total. The number of hydrogen-bond acceptors (Lipinski definition) is 3. The molecule has 0 aliphatic heterocycles. The number of nitriles is 1. The molecule has 23 heavy (non-hydrogen) atoms. The summed E-state index contributed by atoms with van der Waals surface area (Å²) in [5.41, 5.74) is 2.21. The van der Waals surface area contributed by atoms with Crippen LogP contribution in [0.25, 0.3) is 0 Å². The zero-order chi connectivity index (χ0) is 16.8. The maximum absolute atomic E-state index is 12.1. The SMILES string of the molecule is Cc1cccc(NC(=O)/C(C#N)=C\Nc2ccc(Cl)c(Cl)c2)c1. The second kappa shape index (κ2) is 7.68. The van der Waals surface area contributed by atoms with Crippen molar-refractivity contribution in [2.75, 3.05) is 10.6 Å². The molecular weight excluding hydrogens is 333 g/mol. The van der Waals surface area contributed by atoms with Crippen LogP contribution in [-0.2, 0) is 4.79 Å². The number of carbonyl (C=O) groups is 1. The summed E-state index contributed by atoms with van der Waals surface area (Å²) in [7, 11) is 0. The van der Waals surface area contributed by atoms with E-state index in [4.69, 9.17) is 28.5 Å². The van der Waals surface area contributed by atoms with Gasteiger partial charge < -0.3 is 10.6 Å².